The molecule has 3 aromatic carbocycles. The number of nitrogens with zero attached hydrogens (tertiary/aromatic N) is 4. The lowest BCUT2D eigenvalue weighted by atomic mass is 9.98. The van der Waals surface area contributed by atoms with Crippen LogP contribution in [-0.2, 0) is 16.1 Å². The first kappa shape index (κ1) is 31.2. The average molecular weight is 649 g/mol. The van der Waals surface area contributed by atoms with Crippen LogP contribution in [0.3, 0.4) is 0 Å². The first-order chi connectivity index (χ1) is 21.9. The quantitative estimate of drug-likeness (QED) is 0.269. The zero-order chi connectivity index (χ0) is 31.3. The lowest BCUT2D eigenvalue weighted by molar-refractivity contribution is -0.122. The molecule has 0 aliphatic carbocycles. The summed E-state index contributed by atoms with van der Waals surface area (Å²) in [6.45, 7) is 5.28. The van der Waals surface area contributed by atoms with Gasteiger partial charge in [-0.1, -0.05) is 59.6 Å². The largest absolute Gasteiger partial charge is 0.379 e. The van der Waals surface area contributed by atoms with Crippen LogP contribution in [0.5, 0.6) is 0 Å². The van der Waals surface area contributed by atoms with E-state index in [1.165, 1.54) is 10.8 Å². The minimum atomic E-state index is -0.319. The highest BCUT2D eigenvalue weighted by atomic mass is 35.5. The predicted octanol–water partition coefficient (Wildman–Crippen LogP) is 5.19. The molecule has 11 heteroatoms. The molecule has 1 atom stereocenters. The number of hydrogen-bond donors (Lipinski definition) is 1. The van der Waals surface area contributed by atoms with Crippen LogP contribution in [0.15, 0.2) is 71.7 Å². The number of aryl methyl sites for hydroxylation is 1. The van der Waals surface area contributed by atoms with Gasteiger partial charge in [-0.3, -0.25) is 19.3 Å². The summed E-state index contributed by atoms with van der Waals surface area (Å²) in [5.41, 5.74) is 4.36. The summed E-state index contributed by atoms with van der Waals surface area (Å²) in [4.78, 5) is 47.3. The van der Waals surface area contributed by atoms with E-state index in [1.807, 2.05) is 53.4 Å². The van der Waals surface area contributed by atoms with Crippen LogP contribution in [0, 0.1) is 0 Å². The van der Waals surface area contributed by atoms with Gasteiger partial charge in [-0.2, -0.15) is 0 Å². The summed E-state index contributed by atoms with van der Waals surface area (Å²) in [7, 11) is 0. The molecular weight excluding hydrogens is 613 g/mol. The monoisotopic (exact) mass is 647 g/mol. The molecule has 1 unspecified atom stereocenters. The fraction of sp³-hybridized carbons (Fsp3) is 0.353. The summed E-state index contributed by atoms with van der Waals surface area (Å²) in [6, 6.07) is 18.8. The lowest BCUT2D eigenvalue weighted by Gasteiger charge is -2.31. The Morgan fingerprint density at radius 1 is 0.911 bits per heavy atom. The van der Waals surface area contributed by atoms with Gasteiger partial charge < -0.3 is 19.5 Å². The summed E-state index contributed by atoms with van der Waals surface area (Å²) < 4.78 is 7.03. The number of morpholine rings is 1. The highest BCUT2D eigenvalue weighted by Gasteiger charge is 2.22. The highest BCUT2D eigenvalue weighted by Crippen LogP contribution is 2.27. The van der Waals surface area contributed by atoms with Crippen LogP contribution in [0.1, 0.15) is 41.2 Å². The number of nitrogens with one attached hydrogen (secondary N) is 1. The molecule has 2 amide bonds. The molecule has 0 radical (unpaired) electrons. The zero-order valence-corrected chi connectivity index (χ0v) is 26.4. The maximum Gasteiger partial charge on any atom is 0.269 e. The van der Waals surface area contributed by atoms with E-state index in [4.69, 9.17) is 27.9 Å². The molecule has 1 aromatic heterocycles. The smallest absolute Gasteiger partial charge is 0.269 e. The number of amides is 2. The molecule has 2 aliphatic rings. The average Bonchev–Trinajstić information content (AvgIpc) is 3.60. The van der Waals surface area contributed by atoms with E-state index in [0.717, 1.165) is 55.7 Å². The molecule has 0 spiro atoms. The molecule has 2 aliphatic heterocycles. The molecule has 3 heterocycles. The molecule has 0 saturated carbocycles. The second-order valence-corrected chi connectivity index (χ2v) is 12.3. The number of likely N-dealkylation sites (tertiary alicyclic amines) is 1. The minimum absolute atomic E-state index is 0.0770. The topological polar surface area (TPSA) is 96.8 Å². The van der Waals surface area contributed by atoms with Crippen molar-refractivity contribution in [2.45, 2.75) is 31.8 Å². The molecule has 45 heavy (non-hydrogen) atoms. The molecule has 9 nitrogen and oxygen atoms in total. The maximum atomic E-state index is 13.3. The number of ether oxygens (including phenoxy) is 1. The standard InChI is InChI=1S/C34H35Cl2N5O4/c35-27-19-29-31(20-28(27)36)41(33(43)21-37-29)13-10-32(42)38-30(22-39-14-16-45-17-15-39)24-8-6-23(7-9-24)25-4-3-5-26(18-25)34(44)40-11-1-2-12-40/h3-9,18-21,30H,1-2,10-17,22H2,(H,38,42). The Balaban J connectivity index is 1.18. The van der Waals surface area contributed by atoms with Crippen LogP contribution in [0.25, 0.3) is 22.2 Å². The number of rotatable bonds is 9. The molecule has 234 valence electrons. The van der Waals surface area contributed by atoms with E-state index in [2.05, 4.69) is 15.2 Å². The van der Waals surface area contributed by atoms with E-state index in [0.29, 0.717) is 46.4 Å². The SMILES string of the molecule is O=C(CCn1c(=O)cnc2cc(Cl)c(Cl)cc21)NC(CN1CCOCC1)c1ccc(-c2cccc(C(=O)N3CCCC3)c2)cc1. The lowest BCUT2D eigenvalue weighted by Crippen LogP contribution is -2.43. The van der Waals surface area contributed by atoms with Gasteiger partial charge in [0.05, 0.1) is 46.5 Å². The van der Waals surface area contributed by atoms with Gasteiger partial charge in [-0.05, 0) is 53.8 Å². The van der Waals surface area contributed by atoms with Gasteiger partial charge in [0.2, 0.25) is 5.91 Å². The van der Waals surface area contributed by atoms with E-state index in [9.17, 15) is 14.4 Å². The Morgan fingerprint density at radius 3 is 2.40 bits per heavy atom. The Kier molecular flexibility index (Phi) is 9.80. The number of hydrogen-bond acceptors (Lipinski definition) is 6. The zero-order valence-electron chi connectivity index (χ0n) is 24.9. The summed E-state index contributed by atoms with van der Waals surface area (Å²) >= 11 is 12.4. The third-order valence-electron chi connectivity index (χ3n) is 8.48. The number of benzene rings is 3. The van der Waals surface area contributed by atoms with Crippen molar-refractivity contribution >= 4 is 46.0 Å². The summed E-state index contributed by atoms with van der Waals surface area (Å²) in [5.74, 6) is -0.101. The van der Waals surface area contributed by atoms with Crippen LogP contribution in [-0.4, -0.2) is 77.1 Å². The fourth-order valence-electron chi connectivity index (χ4n) is 5.99. The molecule has 6 rings (SSSR count). The van der Waals surface area contributed by atoms with Gasteiger partial charge >= 0.3 is 0 Å². The van der Waals surface area contributed by atoms with Crippen molar-refractivity contribution in [3.8, 4) is 11.1 Å². The fourth-order valence-corrected chi connectivity index (χ4v) is 6.30. The number of carbonyl (C=O) groups is 2. The van der Waals surface area contributed by atoms with E-state index >= 15 is 0 Å². The Morgan fingerprint density at radius 2 is 1.64 bits per heavy atom. The van der Waals surface area contributed by atoms with Gasteiger partial charge in [0, 0.05) is 51.3 Å². The van der Waals surface area contributed by atoms with Gasteiger partial charge in [-0.25, -0.2) is 4.98 Å². The number of carbonyl (C=O) groups excluding carboxylic acids is 2. The second-order valence-electron chi connectivity index (χ2n) is 11.5. The van der Waals surface area contributed by atoms with Crippen LogP contribution in [0.2, 0.25) is 10.0 Å². The van der Waals surface area contributed by atoms with Gasteiger partial charge in [-0.15, -0.1) is 0 Å². The van der Waals surface area contributed by atoms with Crippen molar-refractivity contribution in [1.29, 1.82) is 0 Å². The molecule has 2 fully saturated rings. The van der Waals surface area contributed by atoms with E-state index in [1.54, 1.807) is 12.1 Å². The molecule has 0 bridgehead atoms. The van der Waals surface area contributed by atoms with E-state index < -0.39 is 0 Å². The first-order valence-corrected chi connectivity index (χ1v) is 16.0. The summed E-state index contributed by atoms with van der Waals surface area (Å²) in [5, 5.41) is 3.86. The first-order valence-electron chi connectivity index (χ1n) is 15.3. The van der Waals surface area contributed by atoms with Crippen molar-refractivity contribution in [1.82, 2.24) is 24.7 Å². The van der Waals surface area contributed by atoms with Crippen LogP contribution >= 0.6 is 23.2 Å². The Labute approximate surface area is 271 Å². The van der Waals surface area contributed by atoms with Crippen molar-refractivity contribution in [3.05, 3.63) is 98.4 Å². The Bertz CT molecular complexity index is 1750. The second kappa shape index (κ2) is 14.1. The number of halogens is 2. The normalized spacial score (nSPS) is 16.2. The van der Waals surface area contributed by atoms with Gasteiger partial charge in [0.15, 0.2) is 0 Å². The molecule has 1 N–H and O–H groups in total. The molecule has 2 saturated heterocycles. The van der Waals surface area contributed by atoms with Crippen LogP contribution < -0.4 is 10.9 Å². The predicted molar refractivity (Wildman–Crippen MR) is 176 cm³/mol. The van der Waals surface area contributed by atoms with Crippen molar-refractivity contribution in [2.75, 3.05) is 45.9 Å². The molecular formula is C34H35Cl2N5O4. The number of fused-ring (bicyclic) bond motifs is 1. The third-order valence-corrected chi connectivity index (χ3v) is 9.20. The Hall–Kier alpha value is -3.76. The van der Waals surface area contributed by atoms with E-state index in [-0.39, 0.29) is 36.4 Å². The third kappa shape index (κ3) is 7.39. The highest BCUT2D eigenvalue weighted by molar-refractivity contribution is 6.42. The van der Waals surface area contributed by atoms with Crippen molar-refractivity contribution in [3.63, 3.8) is 0 Å². The number of aromatic nitrogens is 2. The van der Waals surface area contributed by atoms with Gasteiger partial charge in [0.1, 0.15) is 0 Å². The maximum absolute atomic E-state index is 13.3. The van der Waals surface area contributed by atoms with Crippen LogP contribution in [0.4, 0.5) is 0 Å². The van der Waals surface area contributed by atoms with Crippen molar-refractivity contribution < 1.29 is 14.3 Å². The van der Waals surface area contributed by atoms with Crippen molar-refractivity contribution in [2.24, 2.45) is 0 Å². The van der Waals surface area contributed by atoms with Gasteiger partial charge in [0.25, 0.3) is 11.5 Å². The minimum Gasteiger partial charge on any atom is -0.379 e. The summed E-state index contributed by atoms with van der Waals surface area (Å²) in [6.07, 6.45) is 3.43. The molecule has 4 aromatic rings.